The first-order chi connectivity index (χ1) is 7.04. The molecule has 0 aliphatic rings. The molecule has 2 nitrogen and oxygen atoms in total. The summed E-state index contributed by atoms with van der Waals surface area (Å²) in [5.74, 6) is -1.86. The third-order valence-corrected chi connectivity index (χ3v) is 2.24. The highest BCUT2D eigenvalue weighted by molar-refractivity contribution is 6.18. The van der Waals surface area contributed by atoms with Gasteiger partial charge in [-0.15, -0.1) is 11.6 Å². The van der Waals surface area contributed by atoms with Crippen molar-refractivity contribution < 1.29 is 13.6 Å². The quantitative estimate of drug-likeness (QED) is 0.798. The summed E-state index contributed by atoms with van der Waals surface area (Å²) in [6.07, 6.45) is 0. The second-order valence-corrected chi connectivity index (χ2v) is 3.46. The maximum atomic E-state index is 13.1. The highest BCUT2D eigenvalue weighted by atomic mass is 35.5. The fraction of sp³-hybridized carbons (Fsp3) is 0.300. The summed E-state index contributed by atoms with van der Waals surface area (Å²) in [5.41, 5.74) is -0.313. The fourth-order valence-corrected chi connectivity index (χ4v) is 1.09. The van der Waals surface area contributed by atoms with Gasteiger partial charge in [0.2, 0.25) is 0 Å². The van der Waals surface area contributed by atoms with Crippen LogP contribution in [0.5, 0.6) is 0 Å². The van der Waals surface area contributed by atoms with Crippen LogP contribution < -0.4 is 5.32 Å². The maximum absolute atomic E-state index is 13.1. The van der Waals surface area contributed by atoms with Gasteiger partial charge in [-0.05, 0) is 25.1 Å². The lowest BCUT2D eigenvalue weighted by molar-refractivity contribution is 0.0939. The second kappa shape index (κ2) is 5.07. The zero-order valence-electron chi connectivity index (χ0n) is 8.06. The number of halogens is 3. The van der Waals surface area contributed by atoms with E-state index in [2.05, 4.69) is 5.32 Å². The van der Waals surface area contributed by atoms with Crippen molar-refractivity contribution in [2.45, 2.75) is 13.0 Å². The van der Waals surface area contributed by atoms with E-state index in [9.17, 15) is 13.6 Å². The number of hydrogen-bond donors (Lipinski definition) is 1. The Morgan fingerprint density at radius 2 is 2.20 bits per heavy atom. The summed E-state index contributed by atoms with van der Waals surface area (Å²) in [6, 6.07) is 2.43. The average molecular weight is 234 g/mol. The van der Waals surface area contributed by atoms with Crippen molar-refractivity contribution >= 4 is 17.5 Å². The van der Waals surface area contributed by atoms with Gasteiger partial charge < -0.3 is 5.32 Å². The van der Waals surface area contributed by atoms with E-state index in [1.54, 1.807) is 6.92 Å². The molecule has 1 aromatic rings. The minimum absolute atomic E-state index is 0.211. The van der Waals surface area contributed by atoms with E-state index in [0.717, 1.165) is 18.2 Å². The lowest BCUT2D eigenvalue weighted by Gasteiger charge is -2.10. The highest BCUT2D eigenvalue weighted by Crippen LogP contribution is 2.09. The molecule has 0 aliphatic carbocycles. The number of nitrogens with one attached hydrogen (secondary N) is 1. The van der Waals surface area contributed by atoms with Crippen molar-refractivity contribution in [3.05, 3.63) is 35.4 Å². The minimum atomic E-state index is -0.754. The van der Waals surface area contributed by atoms with Crippen LogP contribution >= 0.6 is 11.6 Å². The molecule has 15 heavy (non-hydrogen) atoms. The first-order valence-corrected chi connectivity index (χ1v) is 4.90. The third kappa shape index (κ3) is 3.16. The number of amides is 1. The topological polar surface area (TPSA) is 29.1 Å². The molecule has 1 N–H and O–H groups in total. The average Bonchev–Trinajstić information content (AvgIpc) is 2.21. The molecule has 1 rings (SSSR count). The zero-order valence-corrected chi connectivity index (χ0v) is 8.81. The number of carbonyl (C=O) groups is 1. The van der Waals surface area contributed by atoms with Crippen molar-refractivity contribution in [1.29, 1.82) is 0 Å². The van der Waals surface area contributed by atoms with Gasteiger partial charge in [0.05, 0.1) is 5.56 Å². The van der Waals surface area contributed by atoms with E-state index >= 15 is 0 Å². The van der Waals surface area contributed by atoms with E-state index in [1.165, 1.54) is 0 Å². The Hall–Kier alpha value is -1.16. The minimum Gasteiger partial charge on any atom is -0.348 e. The van der Waals surface area contributed by atoms with E-state index in [0.29, 0.717) is 0 Å². The van der Waals surface area contributed by atoms with Crippen LogP contribution in [0.1, 0.15) is 17.3 Å². The molecule has 0 saturated heterocycles. The first kappa shape index (κ1) is 11.9. The predicted molar refractivity (Wildman–Crippen MR) is 54.0 cm³/mol. The molecule has 0 heterocycles. The summed E-state index contributed by atoms with van der Waals surface area (Å²) in [6.45, 7) is 1.67. The molecule has 1 unspecified atom stereocenters. The van der Waals surface area contributed by atoms with Crippen LogP contribution in [0.4, 0.5) is 8.78 Å². The molecule has 1 amide bonds. The fourth-order valence-electron chi connectivity index (χ4n) is 1.01. The van der Waals surface area contributed by atoms with Crippen LogP contribution in [0, 0.1) is 11.6 Å². The molecule has 0 aromatic heterocycles. The molecule has 0 spiro atoms. The van der Waals surface area contributed by atoms with Crippen molar-refractivity contribution in [3.63, 3.8) is 0 Å². The molecule has 0 saturated carbocycles. The Morgan fingerprint density at radius 1 is 1.53 bits per heavy atom. The van der Waals surface area contributed by atoms with Crippen molar-refractivity contribution in [1.82, 2.24) is 5.32 Å². The SMILES string of the molecule is CC(CCl)NC(=O)c1cc(F)ccc1F. The normalized spacial score (nSPS) is 12.3. The Kier molecular flexibility index (Phi) is 4.03. The van der Waals surface area contributed by atoms with Gasteiger partial charge in [0.15, 0.2) is 0 Å². The first-order valence-electron chi connectivity index (χ1n) is 4.36. The van der Waals surface area contributed by atoms with E-state index in [4.69, 9.17) is 11.6 Å². The third-order valence-electron chi connectivity index (χ3n) is 1.78. The van der Waals surface area contributed by atoms with Gasteiger partial charge >= 0.3 is 0 Å². The molecular weight excluding hydrogens is 224 g/mol. The Labute approximate surface area is 91.2 Å². The smallest absolute Gasteiger partial charge is 0.254 e. The second-order valence-electron chi connectivity index (χ2n) is 3.15. The van der Waals surface area contributed by atoms with Gasteiger partial charge in [-0.3, -0.25) is 4.79 Å². The van der Waals surface area contributed by atoms with Gasteiger partial charge in [0.1, 0.15) is 11.6 Å². The van der Waals surface area contributed by atoms with Crippen molar-refractivity contribution in [2.75, 3.05) is 5.88 Å². The lowest BCUT2D eigenvalue weighted by atomic mass is 10.2. The van der Waals surface area contributed by atoms with Crippen LogP contribution in [0.3, 0.4) is 0 Å². The Balaban J connectivity index is 2.86. The Bertz CT molecular complexity index is 370. The van der Waals surface area contributed by atoms with Crippen LogP contribution in [0.2, 0.25) is 0 Å². The maximum Gasteiger partial charge on any atom is 0.254 e. The van der Waals surface area contributed by atoms with Crippen LogP contribution in [0.15, 0.2) is 18.2 Å². The highest BCUT2D eigenvalue weighted by Gasteiger charge is 2.14. The standard InChI is InChI=1S/C10H10ClF2NO/c1-6(5-11)14-10(15)8-4-7(12)2-3-9(8)13/h2-4,6H,5H2,1H3,(H,14,15). The lowest BCUT2D eigenvalue weighted by Crippen LogP contribution is -2.34. The number of rotatable bonds is 3. The summed E-state index contributed by atoms with van der Waals surface area (Å²) in [5, 5.41) is 2.44. The van der Waals surface area contributed by atoms with Crippen LogP contribution in [-0.4, -0.2) is 17.8 Å². The van der Waals surface area contributed by atoms with Gasteiger partial charge in [0, 0.05) is 11.9 Å². The summed E-state index contributed by atoms with van der Waals surface area (Å²) < 4.78 is 25.9. The number of hydrogen-bond acceptors (Lipinski definition) is 1. The molecule has 0 radical (unpaired) electrons. The van der Waals surface area contributed by atoms with Crippen LogP contribution in [0.25, 0.3) is 0 Å². The molecule has 1 aromatic carbocycles. The van der Waals surface area contributed by atoms with E-state index < -0.39 is 17.5 Å². The van der Waals surface area contributed by atoms with Gasteiger partial charge in [-0.25, -0.2) is 8.78 Å². The van der Waals surface area contributed by atoms with Gasteiger partial charge in [-0.2, -0.15) is 0 Å². The molecule has 0 bridgehead atoms. The molecule has 0 fully saturated rings. The van der Waals surface area contributed by atoms with Crippen molar-refractivity contribution in [3.8, 4) is 0 Å². The summed E-state index contributed by atoms with van der Waals surface area (Å²) in [4.78, 5) is 11.4. The number of alkyl halides is 1. The number of carbonyl (C=O) groups excluding carboxylic acids is 1. The molecule has 1 atom stereocenters. The largest absolute Gasteiger partial charge is 0.348 e. The van der Waals surface area contributed by atoms with E-state index in [-0.39, 0.29) is 17.5 Å². The van der Waals surface area contributed by atoms with Crippen LogP contribution in [-0.2, 0) is 0 Å². The monoisotopic (exact) mass is 233 g/mol. The summed E-state index contributed by atoms with van der Waals surface area (Å²) in [7, 11) is 0. The molecule has 0 aliphatic heterocycles. The van der Waals surface area contributed by atoms with E-state index in [1.807, 2.05) is 0 Å². The Morgan fingerprint density at radius 3 is 2.80 bits per heavy atom. The predicted octanol–water partition coefficient (Wildman–Crippen LogP) is 2.32. The molecular formula is C10H10ClF2NO. The van der Waals surface area contributed by atoms with Gasteiger partial charge in [-0.1, -0.05) is 0 Å². The summed E-state index contributed by atoms with van der Waals surface area (Å²) >= 11 is 5.47. The van der Waals surface area contributed by atoms with Gasteiger partial charge in [0.25, 0.3) is 5.91 Å². The molecule has 82 valence electrons. The zero-order chi connectivity index (χ0) is 11.4. The van der Waals surface area contributed by atoms with Crippen molar-refractivity contribution in [2.24, 2.45) is 0 Å². The number of benzene rings is 1. The molecule has 5 heteroatoms.